The van der Waals surface area contributed by atoms with E-state index in [1.165, 1.54) is 35.1 Å². The Morgan fingerprint density at radius 2 is 1.23 bits per heavy atom. The van der Waals surface area contributed by atoms with Crippen molar-refractivity contribution in [2.24, 2.45) is 30.7 Å². The molecular weight excluding hydrogens is 1110 g/mol. The number of azo groups is 3. The summed E-state index contributed by atoms with van der Waals surface area (Å²) in [6.07, 6.45) is 0.534. The van der Waals surface area contributed by atoms with E-state index in [9.17, 15) is 57.0 Å². The third-order valence-corrected chi connectivity index (χ3v) is 16.4. The summed E-state index contributed by atoms with van der Waals surface area (Å²) in [6.45, 7) is 10.8. The number of allylic oxidation sites excluding steroid dienone is 1. The van der Waals surface area contributed by atoms with Crippen LogP contribution in [0.1, 0.15) is 52.3 Å². The van der Waals surface area contributed by atoms with Crippen LogP contribution in [0.5, 0.6) is 17.2 Å². The van der Waals surface area contributed by atoms with Gasteiger partial charge in [0.2, 0.25) is 0 Å². The lowest BCUT2D eigenvalue weighted by Crippen LogP contribution is -2.20. The minimum absolute atomic E-state index is 0.0460. The zero-order valence-electron chi connectivity index (χ0n) is 41.7. The summed E-state index contributed by atoms with van der Waals surface area (Å²) in [6, 6.07) is 25.0. The molecular formula is C51H45N9O15S4. The number of fused-ring (bicyclic) bond motifs is 5. The van der Waals surface area contributed by atoms with Crippen LogP contribution in [0.4, 0.5) is 34.1 Å². The molecule has 2 radical (unpaired) electrons. The molecule has 7 aromatic carbocycles. The summed E-state index contributed by atoms with van der Waals surface area (Å²) in [5.41, 5.74) is 3.80. The van der Waals surface area contributed by atoms with Crippen LogP contribution < -0.4 is 9.47 Å². The van der Waals surface area contributed by atoms with Gasteiger partial charge in [0.25, 0.3) is 40.5 Å². The molecule has 28 heteroatoms. The first-order valence-electron chi connectivity index (χ1n) is 23.5. The number of phenols is 1. The number of hydrogen-bond acceptors (Lipinski definition) is 19. The van der Waals surface area contributed by atoms with E-state index < -0.39 is 67.7 Å². The van der Waals surface area contributed by atoms with Crippen molar-refractivity contribution in [3.8, 4) is 22.9 Å². The Labute approximate surface area is 451 Å². The molecule has 0 saturated heterocycles. The van der Waals surface area contributed by atoms with Gasteiger partial charge in [0.05, 0.1) is 46.6 Å². The third-order valence-electron chi connectivity index (χ3n) is 12.5. The van der Waals surface area contributed by atoms with E-state index in [-0.39, 0.29) is 87.9 Å². The molecule has 0 saturated carbocycles. The fourth-order valence-electron chi connectivity index (χ4n) is 8.66. The zero-order chi connectivity index (χ0) is 56.8. The number of rotatable bonds is 18. The van der Waals surface area contributed by atoms with Crippen molar-refractivity contribution >= 4 is 113 Å². The first kappa shape index (κ1) is 55.8. The number of nitrogens with zero attached hydrogens (tertiary/aromatic N) is 9. The number of aromatic nitrogens is 3. The predicted octanol–water partition coefficient (Wildman–Crippen LogP) is 11.5. The van der Waals surface area contributed by atoms with Crippen LogP contribution in [0, 0.1) is 27.7 Å². The van der Waals surface area contributed by atoms with Crippen molar-refractivity contribution in [1.29, 1.82) is 0 Å². The molecule has 1 aliphatic rings. The average molecular weight is 1150 g/mol. The van der Waals surface area contributed by atoms with Crippen molar-refractivity contribution in [3.63, 3.8) is 0 Å². The summed E-state index contributed by atoms with van der Waals surface area (Å²) in [4.78, 5) is 0.107. The molecule has 0 amide bonds. The van der Waals surface area contributed by atoms with Crippen LogP contribution >= 0.6 is 0 Å². The molecule has 1 heterocycles. The maximum atomic E-state index is 12.8. The summed E-state index contributed by atoms with van der Waals surface area (Å²) in [5, 5.41) is 46.2. The normalized spacial score (nSPS) is 14.5. The molecule has 408 valence electrons. The van der Waals surface area contributed by atoms with Gasteiger partial charge >= 0.3 is 0 Å². The molecule has 24 nitrogen and oxygen atoms in total. The summed E-state index contributed by atoms with van der Waals surface area (Å²) < 4.78 is 148. The van der Waals surface area contributed by atoms with Gasteiger partial charge in [-0.15, -0.1) is 25.5 Å². The Kier molecular flexibility index (Phi) is 15.3. The van der Waals surface area contributed by atoms with Gasteiger partial charge in [-0.05, 0) is 141 Å². The highest BCUT2D eigenvalue weighted by atomic mass is 32.2. The number of benzene rings is 7. The lowest BCUT2D eigenvalue weighted by molar-refractivity contribution is 0.317. The van der Waals surface area contributed by atoms with Crippen LogP contribution in [0.15, 0.2) is 138 Å². The Balaban J connectivity index is 0.967. The van der Waals surface area contributed by atoms with Gasteiger partial charge in [0.15, 0.2) is 5.75 Å². The Bertz CT molecular complexity index is 4410. The van der Waals surface area contributed by atoms with E-state index in [1.54, 1.807) is 87.5 Å². The Morgan fingerprint density at radius 1 is 0.620 bits per heavy atom. The quantitative estimate of drug-likeness (QED) is 0.0303. The zero-order valence-corrected chi connectivity index (χ0v) is 45.0. The molecule has 0 fully saturated rings. The largest absolute Gasteiger partial charge is 0.505 e. The maximum Gasteiger partial charge on any atom is 0.297 e. The number of aryl methyl sites for hydroxylation is 3. The molecule has 0 aliphatic heterocycles. The van der Waals surface area contributed by atoms with Crippen LogP contribution in [-0.4, -0.2) is 90.9 Å². The highest BCUT2D eigenvalue weighted by Gasteiger charge is 2.36. The van der Waals surface area contributed by atoms with Crippen molar-refractivity contribution in [2.45, 2.75) is 50.2 Å². The highest BCUT2D eigenvalue weighted by molar-refractivity contribution is 7.90. The molecule has 0 spiro atoms. The Morgan fingerprint density at radius 3 is 1.87 bits per heavy atom. The van der Waals surface area contributed by atoms with Gasteiger partial charge < -0.3 is 14.6 Å². The van der Waals surface area contributed by atoms with E-state index in [0.29, 0.717) is 55.7 Å². The molecule has 79 heavy (non-hydrogen) atoms. The van der Waals surface area contributed by atoms with Crippen molar-refractivity contribution in [1.82, 2.24) is 15.0 Å². The monoisotopic (exact) mass is 1150 g/mol. The van der Waals surface area contributed by atoms with Crippen molar-refractivity contribution in [3.05, 3.63) is 137 Å². The lowest BCUT2D eigenvalue weighted by atomic mass is 9.95. The van der Waals surface area contributed by atoms with Gasteiger partial charge in [-0.3, -0.25) is 18.2 Å². The second kappa shape index (κ2) is 21.7. The van der Waals surface area contributed by atoms with Gasteiger partial charge in [0, 0.05) is 34.2 Å². The molecule has 1 aromatic heterocycles. The lowest BCUT2D eigenvalue weighted by Gasteiger charge is -2.22. The molecule has 1 unspecified atom stereocenters. The summed E-state index contributed by atoms with van der Waals surface area (Å²) in [7, 11) is -18.8. The topological polar surface area (TPSA) is 361 Å². The Hall–Kier alpha value is -7.96. The number of hydrogen-bond donors (Lipinski definition) is 5. The first-order chi connectivity index (χ1) is 37.3. The van der Waals surface area contributed by atoms with Crippen LogP contribution in [-0.2, 0) is 40.5 Å². The highest BCUT2D eigenvalue weighted by Crippen LogP contribution is 2.44. The fraction of sp³-hybridized carbons (Fsp3) is 0.196. The van der Waals surface area contributed by atoms with E-state index in [0.717, 1.165) is 6.08 Å². The van der Waals surface area contributed by atoms with E-state index in [4.69, 9.17) is 16.4 Å². The van der Waals surface area contributed by atoms with E-state index >= 15 is 0 Å². The second-order valence-corrected chi connectivity index (χ2v) is 24.1. The van der Waals surface area contributed by atoms with Crippen molar-refractivity contribution in [2.75, 3.05) is 19.0 Å². The summed E-state index contributed by atoms with van der Waals surface area (Å²) in [5.74, 6) is -0.355. The SMILES string of the molecule is [CH]CCOc1cccc2c(S(=O)(=O)O)c(N=Nc3cc(OCCCS(=O)(=O)O)c(N=Nc4cc(C)c(N=Nc5ccc6cc(-n7nc8ccc9c(c8n7)C=C(S(=O)(=O)O)CC9S(=O)(=O)O)ccc6c5O)cc4C)cc3C)ccc12. The van der Waals surface area contributed by atoms with Gasteiger partial charge in [0.1, 0.15) is 49.7 Å². The molecule has 1 aliphatic carbocycles. The van der Waals surface area contributed by atoms with Crippen molar-refractivity contribution < 1.29 is 66.5 Å². The number of aromatic hydroxyl groups is 1. The second-order valence-electron chi connectivity index (χ2n) is 18.1. The molecule has 9 rings (SSSR count). The number of phenolic OH excluding ortho intramolecular Hbond substituents is 1. The first-order valence-corrected chi connectivity index (χ1v) is 29.5. The van der Waals surface area contributed by atoms with Crippen LogP contribution in [0.25, 0.3) is 44.3 Å². The minimum Gasteiger partial charge on any atom is -0.505 e. The minimum atomic E-state index is -4.85. The maximum absolute atomic E-state index is 12.8. The smallest absolute Gasteiger partial charge is 0.297 e. The fourth-order valence-corrected chi connectivity index (χ4v) is 11.6. The van der Waals surface area contributed by atoms with Gasteiger partial charge in [-0.25, -0.2) is 0 Å². The molecule has 0 bridgehead atoms. The summed E-state index contributed by atoms with van der Waals surface area (Å²) >= 11 is 0. The van der Waals surface area contributed by atoms with Crippen LogP contribution in [0.2, 0.25) is 0 Å². The number of ether oxygens (including phenoxy) is 2. The van der Waals surface area contributed by atoms with E-state index in [1.807, 2.05) is 0 Å². The third kappa shape index (κ3) is 12.2. The predicted molar refractivity (Wildman–Crippen MR) is 291 cm³/mol. The van der Waals surface area contributed by atoms with Gasteiger partial charge in [-0.2, -0.15) is 53.8 Å². The average Bonchev–Trinajstić information content (AvgIpc) is 4.07. The molecule has 8 aromatic rings. The van der Waals surface area contributed by atoms with Gasteiger partial charge in [-0.1, -0.05) is 24.3 Å². The van der Waals surface area contributed by atoms with Crippen LogP contribution in [0.3, 0.4) is 0 Å². The molecule has 1 atom stereocenters. The van der Waals surface area contributed by atoms with E-state index in [2.05, 4.69) is 40.9 Å². The molecule has 5 N–H and O–H groups in total. The standard InChI is InChI=1S/C51H45N9O15S4/c1-5-18-74-46-9-6-8-37-35(46)13-17-41(51(37)79(71,72)73)53-56-44-27-47(75-19-7-20-76(62,63)64)45(23-30(44)4)57-55-43-22-28(2)42(21-29(43)3)54-52-40-15-10-31-24-32(11-12-34(31)50(40)61)60-58-39-16-14-36-38(49(39)59-60)25-33(77(65,66)67)26-48(36)78(68,69)70/h1,6,8-17,21-25,27,48,61H,5,7,18-20,26H2,2-4H3,(H,62,63,64)(H,65,66,67)(H,68,69,70)(H,71,72,73).